The molecule has 2 aromatic heterocycles. The fourth-order valence-corrected chi connectivity index (χ4v) is 4.30. The number of alkyl halides is 2. The van der Waals surface area contributed by atoms with Crippen molar-refractivity contribution in [3.05, 3.63) is 18.6 Å². The van der Waals surface area contributed by atoms with Crippen molar-refractivity contribution in [2.75, 3.05) is 18.0 Å². The number of rotatable bonds is 3. The van der Waals surface area contributed by atoms with Gasteiger partial charge >= 0.3 is 0 Å². The van der Waals surface area contributed by atoms with Gasteiger partial charge in [-0.05, 0) is 18.9 Å². The van der Waals surface area contributed by atoms with Crippen LogP contribution in [0.15, 0.2) is 18.6 Å². The van der Waals surface area contributed by atoms with Crippen molar-refractivity contribution in [2.24, 2.45) is 11.3 Å². The van der Waals surface area contributed by atoms with E-state index < -0.39 is 23.7 Å². The summed E-state index contributed by atoms with van der Waals surface area (Å²) < 4.78 is 29.6. The van der Waals surface area contributed by atoms with Gasteiger partial charge in [-0.3, -0.25) is 4.79 Å². The summed E-state index contributed by atoms with van der Waals surface area (Å²) in [5.41, 5.74) is -0.553. The van der Waals surface area contributed by atoms with Crippen LogP contribution in [-0.2, 0) is 4.79 Å². The van der Waals surface area contributed by atoms with Gasteiger partial charge in [0.2, 0.25) is 0 Å². The van der Waals surface area contributed by atoms with Crippen molar-refractivity contribution in [3.8, 4) is 6.07 Å². The number of aromatic nitrogens is 3. The highest BCUT2D eigenvalue weighted by Gasteiger charge is 2.63. The standard InChI is InChI=1S/C17H17F2N5O/c18-17(19)8-11(13(25)1-4-20)7-16(17)3-6-24(9-16)15-12-2-5-21-14(12)22-10-23-15/h2,5,10-11H,1,3,6-9H2,(H,21,22,23). The van der Waals surface area contributed by atoms with E-state index in [2.05, 4.69) is 15.0 Å². The first-order valence-electron chi connectivity index (χ1n) is 8.26. The summed E-state index contributed by atoms with van der Waals surface area (Å²) in [7, 11) is 0. The summed E-state index contributed by atoms with van der Waals surface area (Å²) >= 11 is 0. The van der Waals surface area contributed by atoms with Crippen LogP contribution in [0.1, 0.15) is 25.7 Å². The van der Waals surface area contributed by atoms with Crippen LogP contribution in [0.3, 0.4) is 0 Å². The van der Waals surface area contributed by atoms with E-state index >= 15 is 0 Å². The number of hydrogen-bond donors (Lipinski definition) is 1. The van der Waals surface area contributed by atoms with Crippen LogP contribution in [0.2, 0.25) is 0 Å². The molecule has 1 N–H and O–H groups in total. The first-order chi connectivity index (χ1) is 12.0. The number of hydrogen-bond acceptors (Lipinski definition) is 5. The number of H-pyrrole nitrogens is 1. The summed E-state index contributed by atoms with van der Waals surface area (Å²) in [6.07, 6.45) is 2.87. The minimum absolute atomic E-state index is 0.137. The number of nitriles is 1. The number of ketones is 1. The van der Waals surface area contributed by atoms with Crippen LogP contribution in [0.25, 0.3) is 11.0 Å². The molecule has 2 fully saturated rings. The zero-order valence-corrected chi connectivity index (χ0v) is 13.5. The van der Waals surface area contributed by atoms with E-state index in [1.807, 2.05) is 11.0 Å². The molecule has 2 atom stereocenters. The normalized spacial score (nSPS) is 27.9. The molecular formula is C17H17F2N5O. The second kappa shape index (κ2) is 5.48. The molecule has 2 aliphatic rings. The van der Waals surface area contributed by atoms with Crippen molar-refractivity contribution < 1.29 is 13.6 Å². The molecule has 4 rings (SSSR count). The Morgan fingerprint density at radius 1 is 1.44 bits per heavy atom. The molecule has 2 unspecified atom stereocenters. The van der Waals surface area contributed by atoms with Crippen molar-refractivity contribution in [1.82, 2.24) is 15.0 Å². The Bertz CT molecular complexity index is 873. The summed E-state index contributed by atoms with van der Waals surface area (Å²) in [6, 6.07) is 3.61. The molecule has 0 bridgehead atoms. The topological polar surface area (TPSA) is 85.7 Å². The Labute approximate surface area is 142 Å². The van der Waals surface area contributed by atoms with Crippen molar-refractivity contribution in [3.63, 3.8) is 0 Å². The highest BCUT2D eigenvalue weighted by atomic mass is 19.3. The van der Waals surface area contributed by atoms with Gasteiger partial charge in [0.15, 0.2) is 0 Å². The number of nitrogens with zero attached hydrogens (tertiary/aromatic N) is 4. The molecule has 0 amide bonds. The average Bonchev–Trinajstić information content (AvgIpc) is 3.26. The third-order valence-electron chi connectivity index (χ3n) is 5.61. The van der Waals surface area contributed by atoms with Crippen molar-refractivity contribution >= 4 is 22.6 Å². The van der Waals surface area contributed by atoms with Crippen LogP contribution in [0.5, 0.6) is 0 Å². The number of nitrogens with one attached hydrogen (secondary N) is 1. The SMILES string of the molecule is N#CCC(=O)C1CC(F)(F)C2(CCN(c3ncnc4[nH]ccc34)C2)C1. The van der Waals surface area contributed by atoms with Gasteiger partial charge < -0.3 is 9.88 Å². The molecule has 1 saturated carbocycles. The lowest BCUT2D eigenvalue weighted by atomic mass is 9.81. The van der Waals surface area contributed by atoms with Crippen LogP contribution >= 0.6 is 0 Å². The van der Waals surface area contributed by atoms with Gasteiger partial charge in [-0.25, -0.2) is 18.7 Å². The third kappa shape index (κ3) is 2.37. The minimum atomic E-state index is -2.91. The Morgan fingerprint density at radius 2 is 2.28 bits per heavy atom. The Morgan fingerprint density at radius 3 is 3.08 bits per heavy atom. The lowest BCUT2D eigenvalue weighted by Gasteiger charge is -2.31. The molecule has 130 valence electrons. The van der Waals surface area contributed by atoms with Gasteiger partial charge in [0.1, 0.15) is 23.6 Å². The number of halogens is 2. The van der Waals surface area contributed by atoms with E-state index in [0.29, 0.717) is 24.4 Å². The maximum Gasteiger partial charge on any atom is 0.256 e. The summed E-state index contributed by atoms with van der Waals surface area (Å²) in [6.45, 7) is 0.625. The van der Waals surface area contributed by atoms with E-state index in [1.54, 1.807) is 12.3 Å². The van der Waals surface area contributed by atoms with Crippen LogP contribution in [0, 0.1) is 22.7 Å². The predicted molar refractivity (Wildman–Crippen MR) is 86.1 cm³/mol. The minimum Gasteiger partial charge on any atom is -0.355 e. The summed E-state index contributed by atoms with van der Waals surface area (Å²) in [5.74, 6) is -3.37. The number of anilines is 1. The highest BCUT2D eigenvalue weighted by Crippen LogP contribution is 2.58. The zero-order valence-electron chi connectivity index (χ0n) is 13.5. The lowest BCUT2D eigenvalue weighted by Crippen LogP contribution is -2.39. The molecule has 1 aliphatic heterocycles. The molecular weight excluding hydrogens is 328 g/mol. The maximum absolute atomic E-state index is 14.8. The maximum atomic E-state index is 14.8. The van der Waals surface area contributed by atoms with E-state index in [4.69, 9.17) is 5.26 Å². The molecule has 2 aromatic rings. The van der Waals surface area contributed by atoms with E-state index in [0.717, 1.165) is 5.39 Å². The molecule has 0 aromatic carbocycles. The first-order valence-corrected chi connectivity index (χ1v) is 8.26. The van der Waals surface area contributed by atoms with E-state index in [-0.39, 0.29) is 25.2 Å². The van der Waals surface area contributed by atoms with Crippen molar-refractivity contribution in [2.45, 2.75) is 31.6 Å². The monoisotopic (exact) mass is 345 g/mol. The second-order valence-corrected chi connectivity index (χ2v) is 7.00. The van der Waals surface area contributed by atoms with E-state index in [1.165, 1.54) is 6.33 Å². The van der Waals surface area contributed by atoms with Gasteiger partial charge in [-0.15, -0.1) is 0 Å². The van der Waals surface area contributed by atoms with Crippen LogP contribution < -0.4 is 4.90 Å². The Balaban J connectivity index is 1.62. The van der Waals surface area contributed by atoms with Crippen LogP contribution in [-0.4, -0.2) is 39.7 Å². The smallest absolute Gasteiger partial charge is 0.256 e. The Hall–Kier alpha value is -2.56. The summed E-state index contributed by atoms with van der Waals surface area (Å²) in [4.78, 5) is 25.2. The number of fused-ring (bicyclic) bond motifs is 1. The van der Waals surface area contributed by atoms with Gasteiger partial charge in [-0.2, -0.15) is 5.26 Å². The first kappa shape index (κ1) is 15.9. The second-order valence-electron chi connectivity index (χ2n) is 7.00. The van der Waals surface area contributed by atoms with Gasteiger partial charge in [0.25, 0.3) is 5.92 Å². The Kier molecular flexibility index (Phi) is 3.49. The van der Waals surface area contributed by atoms with Gasteiger partial charge in [0, 0.05) is 31.6 Å². The molecule has 0 radical (unpaired) electrons. The molecule has 1 aliphatic carbocycles. The largest absolute Gasteiger partial charge is 0.355 e. The summed E-state index contributed by atoms with van der Waals surface area (Å²) in [5, 5.41) is 9.47. The quantitative estimate of drug-likeness (QED) is 0.924. The molecule has 25 heavy (non-hydrogen) atoms. The van der Waals surface area contributed by atoms with Crippen molar-refractivity contribution in [1.29, 1.82) is 5.26 Å². The fourth-order valence-electron chi connectivity index (χ4n) is 4.30. The number of Topliss-reactive ketones (excluding diaryl/α,β-unsaturated/α-hetero) is 1. The van der Waals surface area contributed by atoms with Crippen LogP contribution in [0.4, 0.5) is 14.6 Å². The van der Waals surface area contributed by atoms with Gasteiger partial charge in [-0.1, -0.05) is 0 Å². The molecule has 6 nitrogen and oxygen atoms in total. The third-order valence-corrected chi connectivity index (χ3v) is 5.61. The molecule has 1 spiro atoms. The molecule has 8 heteroatoms. The van der Waals surface area contributed by atoms with Gasteiger partial charge in [0.05, 0.1) is 23.3 Å². The number of carbonyl (C=O) groups excluding carboxylic acids is 1. The molecule has 3 heterocycles. The number of aromatic amines is 1. The number of carbonyl (C=O) groups is 1. The average molecular weight is 345 g/mol. The predicted octanol–water partition coefficient (Wildman–Crippen LogP) is 2.68. The zero-order chi connectivity index (χ0) is 17.7. The highest BCUT2D eigenvalue weighted by molar-refractivity contribution is 5.87. The molecule has 1 saturated heterocycles. The van der Waals surface area contributed by atoms with E-state index in [9.17, 15) is 13.6 Å². The lowest BCUT2D eigenvalue weighted by molar-refractivity contribution is -0.122. The fraction of sp³-hybridized carbons (Fsp3) is 0.529.